The van der Waals surface area contributed by atoms with Gasteiger partial charge in [0.2, 0.25) is 0 Å². The maximum atomic E-state index is 11.0. The molecule has 0 bridgehead atoms. The van der Waals surface area contributed by atoms with Crippen molar-refractivity contribution < 1.29 is 9.53 Å². The van der Waals surface area contributed by atoms with E-state index in [9.17, 15) is 4.79 Å². The van der Waals surface area contributed by atoms with Gasteiger partial charge in [0.15, 0.2) is 6.61 Å². The van der Waals surface area contributed by atoms with E-state index in [0.717, 1.165) is 48.4 Å². The lowest BCUT2D eigenvalue weighted by atomic mass is 10.1. The molecule has 1 aromatic heterocycles. The van der Waals surface area contributed by atoms with Crippen LogP contribution in [-0.4, -0.2) is 41.5 Å². The molecule has 29 heavy (non-hydrogen) atoms. The molecular weight excluding hydrogens is 364 g/mol. The molecule has 3 aromatic rings. The minimum Gasteiger partial charge on any atom is -0.484 e. The van der Waals surface area contributed by atoms with E-state index in [0.29, 0.717) is 6.04 Å². The second-order valence-corrected chi connectivity index (χ2v) is 7.62. The van der Waals surface area contributed by atoms with Crippen LogP contribution in [0.1, 0.15) is 17.5 Å². The van der Waals surface area contributed by atoms with Gasteiger partial charge in [0, 0.05) is 54.5 Å². The van der Waals surface area contributed by atoms with E-state index in [-0.39, 0.29) is 6.61 Å². The zero-order valence-corrected chi connectivity index (χ0v) is 16.6. The van der Waals surface area contributed by atoms with Crippen molar-refractivity contribution in [2.24, 2.45) is 5.73 Å². The number of hydrogen-bond donors (Lipinski definition) is 2. The third kappa shape index (κ3) is 4.66. The predicted octanol–water partition coefficient (Wildman–Crippen LogP) is 3.09. The van der Waals surface area contributed by atoms with E-state index in [2.05, 4.69) is 45.5 Å². The van der Waals surface area contributed by atoms with Gasteiger partial charge in [-0.15, -0.1) is 0 Å². The Morgan fingerprint density at radius 1 is 1.31 bits per heavy atom. The molecule has 1 fully saturated rings. The van der Waals surface area contributed by atoms with Gasteiger partial charge in [-0.05, 0) is 42.7 Å². The number of anilines is 1. The maximum Gasteiger partial charge on any atom is 0.255 e. The summed E-state index contributed by atoms with van der Waals surface area (Å²) in [5.41, 5.74) is 8.53. The van der Waals surface area contributed by atoms with Crippen LogP contribution in [0, 0.1) is 6.92 Å². The molecule has 1 atom stereocenters. The van der Waals surface area contributed by atoms with Crippen molar-refractivity contribution in [1.29, 1.82) is 0 Å². The Balaban J connectivity index is 1.39. The second-order valence-electron chi connectivity index (χ2n) is 7.62. The second kappa shape index (κ2) is 8.49. The van der Waals surface area contributed by atoms with Crippen LogP contribution in [0.15, 0.2) is 54.9 Å². The smallest absolute Gasteiger partial charge is 0.255 e. The Bertz CT molecular complexity index is 1020. The Hall–Kier alpha value is -3.12. The highest BCUT2D eigenvalue weighted by molar-refractivity contribution is 5.93. The summed E-state index contributed by atoms with van der Waals surface area (Å²) in [6.45, 7) is 4.74. The molecule has 6 heteroatoms. The molecule has 2 aromatic carbocycles. The number of ether oxygens (including phenoxy) is 1. The zero-order valence-electron chi connectivity index (χ0n) is 16.6. The molecule has 1 aliphatic heterocycles. The monoisotopic (exact) mass is 390 g/mol. The standard InChI is InChI=1S/C23H26N4O2/c1-16-5-6-17(11-22(16)29-15-23(24)28)13-27-10-8-19(14-27)26-21-4-2-3-18-12-25-9-7-20(18)21/h2-7,9,11-12,19,26H,8,10,13-15H2,1H3,(H2,24,28)/t19-/m1/s1. The summed E-state index contributed by atoms with van der Waals surface area (Å²) in [4.78, 5) is 17.6. The molecule has 2 heterocycles. The molecule has 0 spiro atoms. The predicted molar refractivity (Wildman–Crippen MR) is 115 cm³/mol. The fourth-order valence-electron chi connectivity index (χ4n) is 3.87. The van der Waals surface area contributed by atoms with Gasteiger partial charge in [0.05, 0.1) is 0 Å². The number of pyridine rings is 1. The first-order valence-electron chi connectivity index (χ1n) is 9.91. The average molecular weight is 390 g/mol. The topological polar surface area (TPSA) is 80.5 Å². The number of nitrogens with one attached hydrogen (secondary N) is 1. The molecular formula is C23H26N4O2. The van der Waals surface area contributed by atoms with Crippen molar-refractivity contribution in [3.63, 3.8) is 0 Å². The van der Waals surface area contributed by atoms with Gasteiger partial charge in [-0.25, -0.2) is 0 Å². The van der Waals surface area contributed by atoms with E-state index in [4.69, 9.17) is 10.5 Å². The molecule has 0 radical (unpaired) electrons. The number of carbonyl (C=O) groups is 1. The van der Waals surface area contributed by atoms with Crippen LogP contribution in [0.3, 0.4) is 0 Å². The molecule has 0 aliphatic carbocycles. The summed E-state index contributed by atoms with van der Waals surface area (Å²) in [6.07, 6.45) is 4.83. The number of amides is 1. The van der Waals surface area contributed by atoms with Crippen molar-refractivity contribution in [3.8, 4) is 5.75 Å². The van der Waals surface area contributed by atoms with E-state index in [1.165, 1.54) is 10.9 Å². The van der Waals surface area contributed by atoms with E-state index in [1.807, 2.05) is 31.5 Å². The first kappa shape index (κ1) is 19.2. The number of likely N-dealkylation sites (tertiary alicyclic amines) is 1. The molecule has 150 valence electrons. The van der Waals surface area contributed by atoms with Crippen LogP contribution in [0.25, 0.3) is 10.8 Å². The van der Waals surface area contributed by atoms with E-state index in [1.54, 1.807) is 0 Å². The van der Waals surface area contributed by atoms with Crippen LogP contribution >= 0.6 is 0 Å². The van der Waals surface area contributed by atoms with E-state index >= 15 is 0 Å². The Morgan fingerprint density at radius 2 is 2.21 bits per heavy atom. The third-order valence-corrected chi connectivity index (χ3v) is 5.34. The fourth-order valence-corrected chi connectivity index (χ4v) is 3.87. The normalized spacial score (nSPS) is 16.8. The number of benzene rings is 2. The summed E-state index contributed by atoms with van der Waals surface area (Å²) in [5.74, 6) is 0.256. The number of fused-ring (bicyclic) bond motifs is 1. The highest BCUT2D eigenvalue weighted by Crippen LogP contribution is 2.26. The number of hydrogen-bond acceptors (Lipinski definition) is 5. The van der Waals surface area contributed by atoms with Crippen LogP contribution in [-0.2, 0) is 11.3 Å². The SMILES string of the molecule is Cc1ccc(CN2CC[C@@H](Nc3cccc4cnccc34)C2)cc1OCC(N)=O. The van der Waals surface area contributed by atoms with Gasteiger partial charge >= 0.3 is 0 Å². The highest BCUT2D eigenvalue weighted by Gasteiger charge is 2.23. The van der Waals surface area contributed by atoms with Crippen molar-refractivity contribution in [2.75, 3.05) is 25.0 Å². The molecule has 0 saturated carbocycles. The van der Waals surface area contributed by atoms with Gasteiger partial charge in [-0.3, -0.25) is 14.7 Å². The number of nitrogens with two attached hydrogens (primary N) is 1. The lowest BCUT2D eigenvalue weighted by Gasteiger charge is -2.19. The minimum absolute atomic E-state index is 0.0967. The largest absolute Gasteiger partial charge is 0.484 e. The minimum atomic E-state index is -0.465. The summed E-state index contributed by atoms with van der Waals surface area (Å²) in [6, 6.07) is 14.9. The van der Waals surface area contributed by atoms with Gasteiger partial charge in [0.1, 0.15) is 5.75 Å². The molecule has 0 unspecified atom stereocenters. The van der Waals surface area contributed by atoms with Crippen LogP contribution in [0.5, 0.6) is 5.75 Å². The molecule has 1 aliphatic rings. The molecule has 3 N–H and O–H groups in total. The first-order chi connectivity index (χ1) is 14.1. The number of nitrogens with zero attached hydrogens (tertiary/aromatic N) is 2. The summed E-state index contributed by atoms with van der Waals surface area (Å²) >= 11 is 0. The highest BCUT2D eigenvalue weighted by atomic mass is 16.5. The quantitative estimate of drug-likeness (QED) is 0.648. The number of rotatable bonds is 7. The Labute approximate surface area is 170 Å². The van der Waals surface area contributed by atoms with Crippen molar-refractivity contribution in [1.82, 2.24) is 9.88 Å². The number of primary amides is 1. The average Bonchev–Trinajstić information content (AvgIpc) is 3.15. The molecule has 1 saturated heterocycles. The zero-order chi connectivity index (χ0) is 20.2. The molecule has 4 rings (SSSR count). The number of carbonyl (C=O) groups excluding carboxylic acids is 1. The number of aryl methyl sites for hydroxylation is 1. The Kier molecular flexibility index (Phi) is 5.62. The summed E-state index contributed by atoms with van der Waals surface area (Å²) in [7, 11) is 0. The van der Waals surface area contributed by atoms with Crippen LogP contribution in [0.4, 0.5) is 5.69 Å². The first-order valence-corrected chi connectivity index (χ1v) is 9.91. The van der Waals surface area contributed by atoms with E-state index < -0.39 is 5.91 Å². The maximum absolute atomic E-state index is 11.0. The lowest BCUT2D eigenvalue weighted by molar-refractivity contribution is -0.119. The van der Waals surface area contributed by atoms with Crippen LogP contribution in [0.2, 0.25) is 0 Å². The molecule has 6 nitrogen and oxygen atoms in total. The van der Waals surface area contributed by atoms with Gasteiger partial charge in [-0.1, -0.05) is 24.3 Å². The van der Waals surface area contributed by atoms with Crippen molar-refractivity contribution in [3.05, 3.63) is 66.0 Å². The van der Waals surface area contributed by atoms with Crippen molar-refractivity contribution >= 4 is 22.4 Å². The summed E-state index contributed by atoms with van der Waals surface area (Å²) < 4.78 is 5.53. The molecule has 1 amide bonds. The van der Waals surface area contributed by atoms with Crippen LogP contribution < -0.4 is 15.8 Å². The van der Waals surface area contributed by atoms with Gasteiger partial charge in [-0.2, -0.15) is 0 Å². The summed E-state index contributed by atoms with van der Waals surface area (Å²) in [5, 5.41) is 6.06. The van der Waals surface area contributed by atoms with Gasteiger partial charge in [0.25, 0.3) is 5.91 Å². The lowest BCUT2D eigenvalue weighted by Crippen LogP contribution is -2.26. The Morgan fingerprint density at radius 3 is 3.07 bits per heavy atom. The van der Waals surface area contributed by atoms with Crippen molar-refractivity contribution in [2.45, 2.75) is 25.9 Å². The van der Waals surface area contributed by atoms with Gasteiger partial charge < -0.3 is 15.8 Å². The third-order valence-electron chi connectivity index (χ3n) is 5.34. The number of aromatic nitrogens is 1. The fraction of sp³-hybridized carbons (Fsp3) is 0.304.